The van der Waals surface area contributed by atoms with Crippen LogP contribution in [0, 0.1) is 0 Å². The van der Waals surface area contributed by atoms with E-state index in [0.717, 1.165) is 36.3 Å². The second kappa shape index (κ2) is 8.59. The first-order valence-electron chi connectivity index (χ1n) is 9.97. The Kier molecular flexibility index (Phi) is 5.72. The third-order valence-electron chi connectivity index (χ3n) is 5.35. The van der Waals surface area contributed by atoms with Crippen molar-refractivity contribution in [1.82, 2.24) is 9.88 Å². The molecule has 1 fully saturated rings. The van der Waals surface area contributed by atoms with Crippen LogP contribution in [-0.4, -0.2) is 56.1 Å². The Hall–Kier alpha value is -3.32. The SMILES string of the molecule is COc1ccc(/C=C/C(=O)Nc2ccc3oc(N4CC[C@@H](N(C)C)C4)nc3c2)cc1. The van der Waals surface area contributed by atoms with Crippen molar-refractivity contribution in [3.05, 3.63) is 54.1 Å². The molecule has 30 heavy (non-hydrogen) atoms. The minimum atomic E-state index is -0.206. The Morgan fingerprint density at radius 2 is 2.07 bits per heavy atom. The zero-order chi connectivity index (χ0) is 21.1. The monoisotopic (exact) mass is 406 g/mol. The first-order chi connectivity index (χ1) is 14.5. The summed E-state index contributed by atoms with van der Waals surface area (Å²) in [7, 11) is 5.81. The fourth-order valence-corrected chi connectivity index (χ4v) is 3.54. The number of likely N-dealkylation sites (N-methyl/N-ethyl adjacent to an activating group) is 1. The van der Waals surface area contributed by atoms with Gasteiger partial charge in [-0.05, 0) is 62.5 Å². The van der Waals surface area contributed by atoms with Gasteiger partial charge in [0.25, 0.3) is 6.01 Å². The molecule has 1 atom stereocenters. The standard InChI is InChI=1S/C23H26N4O3/c1-26(2)18-12-13-27(15-18)23-25-20-14-17(7-10-21(20)30-23)24-22(28)11-6-16-4-8-19(29-3)9-5-16/h4-11,14,18H,12-13,15H2,1-3H3,(H,24,28)/b11-6+/t18-/m1/s1. The van der Waals surface area contributed by atoms with E-state index in [1.54, 1.807) is 13.2 Å². The first-order valence-corrected chi connectivity index (χ1v) is 9.97. The number of hydrogen-bond acceptors (Lipinski definition) is 6. The summed E-state index contributed by atoms with van der Waals surface area (Å²) < 4.78 is 11.1. The van der Waals surface area contributed by atoms with Gasteiger partial charge in [0.1, 0.15) is 11.3 Å². The fraction of sp³-hybridized carbons (Fsp3) is 0.304. The molecule has 0 bridgehead atoms. The highest BCUT2D eigenvalue weighted by molar-refractivity contribution is 6.02. The van der Waals surface area contributed by atoms with E-state index in [2.05, 4.69) is 34.2 Å². The van der Waals surface area contributed by atoms with E-state index in [4.69, 9.17) is 9.15 Å². The van der Waals surface area contributed by atoms with Gasteiger partial charge in [-0.3, -0.25) is 4.79 Å². The molecular weight excluding hydrogens is 380 g/mol. The molecular formula is C23H26N4O3. The molecule has 4 rings (SSSR count). The van der Waals surface area contributed by atoms with Gasteiger partial charge in [0.05, 0.1) is 7.11 Å². The molecule has 1 aliphatic rings. The predicted molar refractivity (Wildman–Crippen MR) is 119 cm³/mol. The van der Waals surface area contributed by atoms with Crippen molar-refractivity contribution in [2.45, 2.75) is 12.5 Å². The van der Waals surface area contributed by atoms with Gasteiger partial charge >= 0.3 is 0 Å². The molecule has 0 unspecified atom stereocenters. The van der Waals surface area contributed by atoms with E-state index in [0.29, 0.717) is 23.3 Å². The highest BCUT2D eigenvalue weighted by Crippen LogP contribution is 2.27. The second-order valence-electron chi connectivity index (χ2n) is 7.63. The zero-order valence-corrected chi connectivity index (χ0v) is 17.5. The Balaban J connectivity index is 1.42. The van der Waals surface area contributed by atoms with E-state index >= 15 is 0 Å². The van der Waals surface area contributed by atoms with Gasteiger partial charge in [-0.15, -0.1) is 0 Å². The molecule has 0 radical (unpaired) electrons. The number of carbonyl (C=O) groups excluding carboxylic acids is 1. The zero-order valence-electron chi connectivity index (χ0n) is 17.5. The summed E-state index contributed by atoms with van der Waals surface area (Å²) in [6.07, 6.45) is 4.36. The molecule has 7 nitrogen and oxygen atoms in total. The maximum absolute atomic E-state index is 12.3. The molecule has 1 aromatic heterocycles. The van der Waals surface area contributed by atoms with Crippen LogP contribution >= 0.6 is 0 Å². The number of aromatic nitrogens is 1. The van der Waals surface area contributed by atoms with Crippen molar-refractivity contribution in [2.24, 2.45) is 0 Å². The van der Waals surface area contributed by atoms with Crippen LogP contribution in [0.15, 0.2) is 53.0 Å². The summed E-state index contributed by atoms with van der Waals surface area (Å²) >= 11 is 0. The fourth-order valence-electron chi connectivity index (χ4n) is 3.54. The molecule has 156 valence electrons. The molecule has 7 heteroatoms. The quantitative estimate of drug-likeness (QED) is 0.631. The van der Waals surface area contributed by atoms with Crippen molar-refractivity contribution >= 4 is 34.8 Å². The van der Waals surface area contributed by atoms with E-state index in [-0.39, 0.29) is 5.91 Å². The van der Waals surface area contributed by atoms with Crippen molar-refractivity contribution in [2.75, 3.05) is 44.5 Å². The summed E-state index contributed by atoms with van der Waals surface area (Å²) in [5, 5.41) is 2.88. The van der Waals surface area contributed by atoms with Crippen molar-refractivity contribution in [3.8, 4) is 5.75 Å². The van der Waals surface area contributed by atoms with Gasteiger partial charge in [-0.25, -0.2) is 0 Å². The molecule has 0 spiro atoms. The van der Waals surface area contributed by atoms with Crippen molar-refractivity contribution < 1.29 is 13.9 Å². The minimum Gasteiger partial charge on any atom is -0.497 e. The molecule has 2 aromatic carbocycles. The number of hydrogen-bond donors (Lipinski definition) is 1. The summed E-state index contributed by atoms with van der Waals surface area (Å²) in [5.74, 6) is 0.574. The molecule has 3 aromatic rings. The number of amides is 1. The molecule has 0 aliphatic carbocycles. The minimum absolute atomic E-state index is 0.206. The van der Waals surface area contributed by atoms with Crippen LogP contribution in [0.5, 0.6) is 5.75 Å². The van der Waals surface area contributed by atoms with E-state index in [9.17, 15) is 4.79 Å². The van der Waals surface area contributed by atoms with Gasteiger partial charge in [0.15, 0.2) is 5.58 Å². The first kappa shape index (κ1) is 20.0. The van der Waals surface area contributed by atoms with E-state index < -0.39 is 0 Å². The van der Waals surface area contributed by atoms with Gasteiger partial charge in [-0.1, -0.05) is 12.1 Å². The van der Waals surface area contributed by atoms with Crippen LogP contribution in [0.1, 0.15) is 12.0 Å². The Labute approximate surface area is 175 Å². The highest BCUT2D eigenvalue weighted by atomic mass is 16.5. The van der Waals surface area contributed by atoms with Gasteiger partial charge in [0, 0.05) is 30.9 Å². The lowest BCUT2D eigenvalue weighted by atomic mass is 10.2. The maximum Gasteiger partial charge on any atom is 0.298 e. The highest BCUT2D eigenvalue weighted by Gasteiger charge is 2.27. The summed E-state index contributed by atoms with van der Waals surface area (Å²) in [6.45, 7) is 1.83. The molecule has 1 N–H and O–H groups in total. The van der Waals surface area contributed by atoms with Crippen LogP contribution in [0.2, 0.25) is 0 Å². The molecule has 1 saturated heterocycles. The van der Waals surface area contributed by atoms with E-state index in [1.807, 2.05) is 42.5 Å². The number of fused-ring (bicyclic) bond motifs is 1. The van der Waals surface area contributed by atoms with Gasteiger partial charge in [-0.2, -0.15) is 4.98 Å². The second-order valence-corrected chi connectivity index (χ2v) is 7.63. The number of nitrogens with zero attached hydrogens (tertiary/aromatic N) is 3. The maximum atomic E-state index is 12.3. The molecule has 1 aliphatic heterocycles. The number of oxazole rings is 1. The lowest BCUT2D eigenvalue weighted by molar-refractivity contribution is -0.111. The summed E-state index contributed by atoms with van der Waals surface area (Å²) in [5.41, 5.74) is 3.05. The average molecular weight is 406 g/mol. The number of methoxy groups -OCH3 is 1. The average Bonchev–Trinajstić information content (AvgIpc) is 3.39. The van der Waals surface area contributed by atoms with Gasteiger partial charge < -0.3 is 24.3 Å². The third kappa shape index (κ3) is 4.46. The lowest BCUT2D eigenvalue weighted by Crippen LogP contribution is -2.31. The largest absolute Gasteiger partial charge is 0.497 e. The van der Waals surface area contributed by atoms with Crippen LogP contribution < -0.4 is 15.0 Å². The number of anilines is 2. The summed E-state index contributed by atoms with van der Waals surface area (Å²) in [4.78, 5) is 21.3. The van der Waals surface area contributed by atoms with Gasteiger partial charge in [0.2, 0.25) is 5.91 Å². The predicted octanol–water partition coefficient (Wildman–Crippen LogP) is 3.63. The van der Waals surface area contributed by atoms with Crippen LogP contribution in [0.25, 0.3) is 17.2 Å². The molecule has 0 saturated carbocycles. The summed E-state index contributed by atoms with van der Waals surface area (Å²) in [6, 6.07) is 14.1. The lowest BCUT2D eigenvalue weighted by Gasteiger charge is -2.19. The molecule has 2 heterocycles. The Morgan fingerprint density at radius 3 is 2.77 bits per heavy atom. The third-order valence-corrected chi connectivity index (χ3v) is 5.35. The number of ether oxygens (including phenoxy) is 1. The smallest absolute Gasteiger partial charge is 0.298 e. The Morgan fingerprint density at radius 1 is 1.27 bits per heavy atom. The van der Waals surface area contributed by atoms with E-state index in [1.165, 1.54) is 6.08 Å². The van der Waals surface area contributed by atoms with Crippen LogP contribution in [-0.2, 0) is 4.79 Å². The van der Waals surface area contributed by atoms with Crippen molar-refractivity contribution in [1.29, 1.82) is 0 Å². The number of benzene rings is 2. The van der Waals surface area contributed by atoms with Crippen LogP contribution in [0.4, 0.5) is 11.7 Å². The topological polar surface area (TPSA) is 70.8 Å². The van der Waals surface area contributed by atoms with Crippen LogP contribution in [0.3, 0.4) is 0 Å². The Bertz CT molecular complexity index is 1060. The van der Waals surface area contributed by atoms with Crippen molar-refractivity contribution in [3.63, 3.8) is 0 Å². The number of nitrogens with one attached hydrogen (secondary N) is 1. The number of rotatable bonds is 6. The normalized spacial score (nSPS) is 16.7. The molecule has 1 amide bonds. The number of carbonyl (C=O) groups is 1.